The van der Waals surface area contributed by atoms with Gasteiger partial charge in [0, 0.05) is 16.8 Å². The monoisotopic (exact) mass is 397 g/mol. The van der Waals surface area contributed by atoms with Crippen LogP contribution in [0.2, 0.25) is 0 Å². The Balaban J connectivity index is 1.57. The number of carbonyl (C=O) groups excluding carboxylic acids is 2. The quantitative estimate of drug-likeness (QED) is 0.482. The lowest BCUT2D eigenvalue weighted by atomic mass is 10.0. The van der Waals surface area contributed by atoms with Crippen molar-refractivity contribution in [2.24, 2.45) is 0 Å². The van der Waals surface area contributed by atoms with Gasteiger partial charge in [0.25, 0.3) is 11.8 Å². The Morgan fingerprint density at radius 3 is 2.27 bits per heavy atom. The molecule has 7 heteroatoms. The molecule has 0 fully saturated rings. The summed E-state index contributed by atoms with van der Waals surface area (Å²) in [5, 5.41) is 7.47. The minimum absolute atomic E-state index is 0.127. The van der Waals surface area contributed by atoms with Crippen LogP contribution in [0.25, 0.3) is 10.8 Å². The van der Waals surface area contributed by atoms with Crippen LogP contribution in [0.4, 0.5) is 17.3 Å². The molecule has 0 aliphatic rings. The van der Waals surface area contributed by atoms with Gasteiger partial charge < -0.3 is 16.4 Å². The predicted molar refractivity (Wildman–Crippen MR) is 117 cm³/mol. The summed E-state index contributed by atoms with van der Waals surface area (Å²) in [7, 11) is 0. The highest BCUT2D eigenvalue weighted by Gasteiger charge is 2.14. The van der Waals surface area contributed by atoms with Crippen molar-refractivity contribution in [2.45, 2.75) is 6.92 Å². The second kappa shape index (κ2) is 8.00. The van der Waals surface area contributed by atoms with Crippen molar-refractivity contribution in [1.82, 2.24) is 9.97 Å². The van der Waals surface area contributed by atoms with Gasteiger partial charge in [-0.3, -0.25) is 9.59 Å². The molecular weight excluding hydrogens is 378 g/mol. The molecule has 0 bridgehead atoms. The standard InChI is InChI=1S/C23H19N5O2/c1-14-9-10-16(11-20(14)22(30)28-17-12-25-23(24)26-13-17)27-21(29)19-8-4-6-15-5-2-3-7-18(15)19/h2-13H,1H3,(H,27,29)(H,28,30)(H2,24,25,26). The van der Waals surface area contributed by atoms with Crippen molar-refractivity contribution in [2.75, 3.05) is 16.4 Å². The molecule has 30 heavy (non-hydrogen) atoms. The molecule has 4 rings (SSSR count). The van der Waals surface area contributed by atoms with Crippen molar-refractivity contribution in [1.29, 1.82) is 0 Å². The average molecular weight is 397 g/mol. The molecule has 1 heterocycles. The third-order valence-corrected chi connectivity index (χ3v) is 4.70. The summed E-state index contributed by atoms with van der Waals surface area (Å²) in [6.07, 6.45) is 2.86. The molecule has 0 spiro atoms. The first-order valence-electron chi connectivity index (χ1n) is 9.30. The number of fused-ring (bicyclic) bond motifs is 1. The number of aryl methyl sites for hydroxylation is 1. The van der Waals surface area contributed by atoms with Crippen molar-refractivity contribution in [3.8, 4) is 0 Å². The van der Waals surface area contributed by atoms with Crippen LogP contribution in [0.5, 0.6) is 0 Å². The fourth-order valence-electron chi connectivity index (χ4n) is 3.17. The molecule has 1 aromatic heterocycles. The molecule has 2 amide bonds. The van der Waals surface area contributed by atoms with E-state index in [9.17, 15) is 9.59 Å². The van der Waals surface area contributed by atoms with E-state index < -0.39 is 0 Å². The van der Waals surface area contributed by atoms with Crippen LogP contribution in [-0.2, 0) is 0 Å². The molecule has 0 saturated heterocycles. The highest BCUT2D eigenvalue weighted by atomic mass is 16.2. The molecule has 3 aromatic carbocycles. The number of nitrogen functional groups attached to an aromatic ring is 1. The molecule has 0 aliphatic carbocycles. The van der Waals surface area contributed by atoms with Gasteiger partial charge >= 0.3 is 0 Å². The first-order chi connectivity index (χ1) is 14.5. The van der Waals surface area contributed by atoms with E-state index in [2.05, 4.69) is 20.6 Å². The van der Waals surface area contributed by atoms with Crippen LogP contribution in [0, 0.1) is 6.92 Å². The third kappa shape index (κ3) is 3.95. The molecule has 4 N–H and O–H groups in total. The van der Waals surface area contributed by atoms with Gasteiger partial charge in [0.15, 0.2) is 0 Å². The maximum atomic E-state index is 12.9. The van der Waals surface area contributed by atoms with Crippen molar-refractivity contribution in [3.63, 3.8) is 0 Å². The van der Waals surface area contributed by atoms with Crippen LogP contribution < -0.4 is 16.4 Å². The maximum Gasteiger partial charge on any atom is 0.256 e. The third-order valence-electron chi connectivity index (χ3n) is 4.70. The second-order valence-corrected chi connectivity index (χ2v) is 6.79. The minimum atomic E-state index is -0.331. The van der Waals surface area contributed by atoms with Gasteiger partial charge in [-0.25, -0.2) is 9.97 Å². The normalized spacial score (nSPS) is 10.6. The smallest absolute Gasteiger partial charge is 0.256 e. The zero-order valence-electron chi connectivity index (χ0n) is 16.2. The van der Waals surface area contributed by atoms with E-state index >= 15 is 0 Å². The summed E-state index contributed by atoms with van der Waals surface area (Å²) >= 11 is 0. The number of anilines is 3. The van der Waals surface area contributed by atoms with E-state index in [-0.39, 0.29) is 17.8 Å². The zero-order valence-corrected chi connectivity index (χ0v) is 16.2. The predicted octanol–water partition coefficient (Wildman–Crippen LogP) is 4.03. The fraction of sp³-hybridized carbons (Fsp3) is 0.0435. The number of nitrogens with one attached hydrogen (secondary N) is 2. The molecule has 0 radical (unpaired) electrons. The number of rotatable bonds is 4. The van der Waals surface area contributed by atoms with Gasteiger partial charge in [0.2, 0.25) is 5.95 Å². The Labute approximate surface area is 173 Å². The van der Waals surface area contributed by atoms with Gasteiger partial charge in [-0.05, 0) is 41.5 Å². The Bertz CT molecular complexity index is 1250. The summed E-state index contributed by atoms with van der Waals surface area (Å²) in [6.45, 7) is 1.82. The molecule has 7 nitrogen and oxygen atoms in total. The number of hydrogen-bond acceptors (Lipinski definition) is 5. The molecule has 0 atom stereocenters. The highest BCUT2D eigenvalue weighted by Crippen LogP contribution is 2.22. The Morgan fingerprint density at radius 1 is 0.800 bits per heavy atom. The van der Waals surface area contributed by atoms with E-state index in [1.54, 1.807) is 24.3 Å². The lowest BCUT2D eigenvalue weighted by Crippen LogP contribution is -2.16. The number of benzene rings is 3. The number of hydrogen-bond donors (Lipinski definition) is 3. The Hall–Kier alpha value is -4.26. The van der Waals surface area contributed by atoms with Crippen molar-refractivity contribution in [3.05, 3.63) is 89.7 Å². The van der Waals surface area contributed by atoms with Crippen LogP contribution in [-0.4, -0.2) is 21.8 Å². The van der Waals surface area contributed by atoms with Gasteiger partial charge in [-0.1, -0.05) is 42.5 Å². The highest BCUT2D eigenvalue weighted by molar-refractivity contribution is 6.13. The first kappa shape index (κ1) is 19.1. The van der Waals surface area contributed by atoms with Gasteiger partial charge in [-0.2, -0.15) is 0 Å². The van der Waals surface area contributed by atoms with Gasteiger partial charge in [0.1, 0.15) is 0 Å². The van der Waals surface area contributed by atoms with Crippen LogP contribution in [0.3, 0.4) is 0 Å². The minimum Gasteiger partial charge on any atom is -0.368 e. The van der Waals surface area contributed by atoms with Gasteiger partial charge in [0.05, 0.1) is 18.1 Å². The number of carbonyl (C=O) groups is 2. The Morgan fingerprint density at radius 2 is 1.47 bits per heavy atom. The second-order valence-electron chi connectivity index (χ2n) is 6.79. The molecule has 148 valence electrons. The summed E-state index contributed by atoms with van der Waals surface area (Å²) in [4.78, 5) is 33.3. The topological polar surface area (TPSA) is 110 Å². The summed E-state index contributed by atoms with van der Waals surface area (Å²) < 4.78 is 0. The average Bonchev–Trinajstić information content (AvgIpc) is 2.76. The van der Waals surface area contributed by atoms with E-state index in [1.165, 1.54) is 12.4 Å². The van der Waals surface area contributed by atoms with E-state index in [4.69, 9.17) is 5.73 Å². The maximum absolute atomic E-state index is 12.9. The summed E-state index contributed by atoms with van der Waals surface area (Å²) in [6, 6.07) is 18.5. The van der Waals surface area contributed by atoms with Crippen LogP contribution in [0.1, 0.15) is 26.3 Å². The molecule has 0 saturated carbocycles. The molecule has 4 aromatic rings. The molecular formula is C23H19N5O2. The molecule has 0 unspecified atom stereocenters. The first-order valence-corrected chi connectivity index (χ1v) is 9.30. The van der Waals surface area contributed by atoms with Gasteiger partial charge in [-0.15, -0.1) is 0 Å². The number of amides is 2. The number of aromatic nitrogens is 2. The lowest BCUT2D eigenvalue weighted by molar-refractivity contribution is 0.101. The summed E-state index contributed by atoms with van der Waals surface area (Å²) in [5.74, 6) is -0.446. The van der Waals surface area contributed by atoms with Crippen molar-refractivity contribution < 1.29 is 9.59 Å². The number of nitrogens with zero attached hydrogens (tertiary/aromatic N) is 2. The van der Waals surface area contributed by atoms with E-state index in [0.29, 0.717) is 22.5 Å². The van der Waals surface area contributed by atoms with Crippen LogP contribution >= 0.6 is 0 Å². The van der Waals surface area contributed by atoms with E-state index in [1.807, 2.05) is 43.3 Å². The SMILES string of the molecule is Cc1ccc(NC(=O)c2cccc3ccccc23)cc1C(=O)Nc1cnc(N)nc1. The number of nitrogens with two attached hydrogens (primary N) is 1. The fourth-order valence-corrected chi connectivity index (χ4v) is 3.17. The lowest BCUT2D eigenvalue weighted by Gasteiger charge is -2.12. The largest absolute Gasteiger partial charge is 0.368 e. The van der Waals surface area contributed by atoms with Crippen molar-refractivity contribution >= 4 is 39.9 Å². The molecule has 0 aliphatic heterocycles. The summed E-state index contributed by atoms with van der Waals surface area (Å²) in [5.41, 5.74) is 8.19. The van der Waals surface area contributed by atoms with Crippen LogP contribution in [0.15, 0.2) is 73.1 Å². The zero-order chi connectivity index (χ0) is 21.1. The van der Waals surface area contributed by atoms with E-state index in [0.717, 1.165) is 16.3 Å². The Kier molecular flexibility index (Phi) is 5.09.